The molecule has 2 aliphatic heterocycles. The molecule has 0 spiro atoms. The minimum atomic E-state index is 0.000683. The molecule has 0 aromatic heterocycles. The number of carbonyl (C=O) groups is 1. The van der Waals surface area contributed by atoms with E-state index in [-0.39, 0.29) is 11.9 Å². The van der Waals surface area contributed by atoms with Crippen LogP contribution in [0.3, 0.4) is 0 Å². The Kier molecular flexibility index (Phi) is 7.85. The van der Waals surface area contributed by atoms with Gasteiger partial charge in [0.2, 0.25) is 5.91 Å². The molecule has 0 radical (unpaired) electrons. The first-order valence-corrected chi connectivity index (χ1v) is 11.8. The number of thioether (sulfide) groups is 1. The van der Waals surface area contributed by atoms with Gasteiger partial charge in [-0.3, -0.25) is 9.69 Å². The molecule has 1 amide bonds. The molecule has 6 atom stereocenters. The second kappa shape index (κ2) is 9.92. The van der Waals surface area contributed by atoms with Crippen molar-refractivity contribution in [1.82, 2.24) is 26.4 Å². The largest absolute Gasteiger partial charge is 0.352 e. The topological polar surface area (TPSA) is 68.4 Å². The summed E-state index contributed by atoms with van der Waals surface area (Å²) in [4.78, 5) is 15.1. The molecule has 6 nitrogen and oxygen atoms in total. The lowest BCUT2D eigenvalue weighted by atomic mass is 9.83. The smallest absolute Gasteiger partial charge is 0.237 e. The van der Waals surface area contributed by atoms with Gasteiger partial charge in [0.1, 0.15) is 5.50 Å². The summed E-state index contributed by atoms with van der Waals surface area (Å²) in [7, 11) is 2.14. The average Bonchev–Trinajstić information content (AvgIpc) is 3.06. The fourth-order valence-corrected chi connectivity index (χ4v) is 6.00. The lowest BCUT2D eigenvalue weighted by Gasteiger charge is -2.37. The molecule has 156 valence electrons. The Labute approximate surface area is 169 Å². The van der Waals surface area contributed by atoms with Crippen LogP contribution in [-0.4, -0.2) is 53.4 Å². The highest BCUT2D eigenvalue weighted by atomic mass is 32.2. The van der Waals surface area contributed by atoms with Gasteiger partial charge < -0.3 is 10.6 Å². The number of carbonyl (C=O) groups excluding carboxylic acids is 1. The van der Waals surface area contributed by atoms with Crippen LogP contribution in [-0.2, 0) is 4.79 Å². The molecule has 4 N–H and O–H groups in total. The molecule has 2 saturated heterocycles. The Morgan fingerprint density at radius 3 is 2.63 bits per heavy atom. The summed E-state index contributed by atoms with van der Waals surface area (Å²) in [6, 6.07) is 0.822. The molecule has 3 rings (SSSR count). The van der Waals surface area contributed by atoms with Crippen LogP contribution in [0.2, 0.25) is 0 Å². The quantitative estimate of drug-likeness (QED) is 0.551. The van der Waals surface area contributed by atoms with Gasteiger partial charge in [0.05, 0.1) is 12.7 Å². The first kappa shape index (κ1) is 21.4. The van der Waals surface area contributed by atoms with Crippen molar-refractivity contribution in [2.75, 3.05) is 13.7 Å². The Bertz CT molecular complexity index is 491. The lowest BCUT2D eigenvalue weighted by molar-refractivity contribution is -0.125. The maximum Gasteiger partial charge on any atom is 0.237 e. The molecule has 0 bridgehead atoms. The van der Waals surface area contributed by atoms with Crippen molar-refractivity contribution in [1.29, 1.82) is 0 Å². The fourth-order valence-electron chi connectivity index (χ4n) is 4.69. The molecule has 27 heavy (non-hydrogen) atoms. The summed E-state index contributed by atoms with van der Waals surface area (Å²) in [6.45, 7) is 7.73. The molecule has 0 aromatic rings. The van der Waals surface area contributed by atoms with Gasteiger partial charge in [0.15, 0.2) is 0 Å². The van der Waals surface area contributed by atoms with Crippen LogP contribution >= 0.6 is 11.8 Å². The van der Waals surface area contributed by atoms with Crippen molar-refractivity contribution in [3.8, 4) is 0 Å². The molecule has 5 unspecified atom stereocenters. The SMILES string of the molecule is CC(C)C1CCCC(C(=O)NC2CCCC([C@H](C)SC3NNCN3C)C2)N1. The van der Waals surface area contributed by atoms with E-state index in [1.807, 2.05) is 11.8 Å². The molecule has 1 saturated carbocycles. The third-order valence-electron chi connectivity index (χ3n) is 6.57. The van der Waals surface area contributed by atoms with E-state index in [9.17, 15) is 4.79 Å². The molecule has 7 heteroatoms. The monoisotopic (exact) mass is 397 g/mol. The summed E-state index contributed by atoms with van der Waals surface area (Å²) >= 11 is 2.00. The van der Waals surface area contributed by atoms with Crippen molar-refractivity contribution in [2.24, 2.45) is 11.8 Å². The van der Waals surface area contributed by atoms with Crippen molar-refractivity contribution in [3.63, 3.8) is 0 Å². The van der Waals surface area contributed by atoms with E-state index >= 15 is 0 Å². The predicted octanol–water partition coefficient (Wildman–Crippen LogP) is 2.23. The minimum Gasteiger partial charge on any atom is -0.352 e. The fraction of sp³-hybridized carbons (Fsp3) is 0.950. The van der Waals surface area contributed by atoms with E-state index in [1.165, 1.54) is 19.3 Å². The van der Waals surface area contributed by atoms with Crippen LogP contribution in [0.4, 0.5) is 0 Å². The zero-order valence-corrected chi connectivity index (χ0v) is 18.3. The number of nitrogens with zero attached hydrogens (tertiary/aromatic N) is 1. The van der Waals surface area contributed by atoms with Crippen LogP contribution < -0.4 is 21.5 Å². The van der Waals surface area contributed by atoms with Gasteiger partial charge >= 0.3 is 0 Å². The molecule has 2 heterocycles. The highest BCUT2D eigenvalue weighted by molar-refractivity contribution is 8.00. The highest BCUT2D eigenvalue weighted by Crippen LogP contribution is 2.35. The highest BCUT2D eigenvalue weighted by Gasteiger charge is 2.33. The van der Waals surface area contributed by atoms with Gasteiger partial charge in [0, 0.05) is 17.3 Å². The van der Waals surface area contributed by atoms with Crippen molar-refractivity contribution >= 4 is 17.7 Å². The summed E-state index contributed by atoms with van der Waals surface area (Å²) in [6.07, 6.45) is 8.07. The number of hydrogen-bond donors (Lipinski definition) is 4. The van der Waals surface area contributed by atoms with E-state index in [1.54, 1.807) is 0 Å². The van der Waals surface area contributed by atoms with Gasteiger partial charge in [-0.05, 0) is 57.4 Å². The van der Waals surface area contributed by atoms with E-state index < -0.39 is 0 Å². The number of nitrogens with one attached hydrogen (secondary N) is 4. The Hall–Kier alpha value is -0.340. The standard InChI is InChI=1S/C20H39N5OS/c1-13(2)17-9-6-10-18(23-17)19(26)22-16-8-5-7-15(11-16)14(3)27-20-24-21-12-25(20)4/h13-18,20-21,23-24H,5-12H2,1-4H3,(H,22,26)/t14-,15?,16?,17?,18?,20?/m0/s1. The Balaban J connectivity index is 1.46. The third-order valence-corrected chi connectivity index (χ3v) is 8.12. The third kappa shape index (κ3) is 5.82. The molecular weight excluding hydrogens is 358 g/mol. The second-order valence-electron chi connectivity index (χ2n) is 9.06. The number of rotatable bonds is 6. The lowest BCUT2D eigenvalue weighted by Crippen LogP contribution is -2.54. The molecular formula is C20H39N5OS. The van der Waals surface area contributed by atoms with Gasteiger partial charge in [-0.1, -0.05) is 27.2 Å². The molecule has 3 fully saturated rings. The molecule has 3 aliphatic rings. The Morgan fingerprint density at radius 1 is 1.15 bits per heavy atom. The zero-order valence-electron chi connectivity index (χ0n) is 17.5. The van der Waals surface area contributed by atoms with Crippen LogP contribution in [0.5, 0.6) is 0 Å². The molecule has 0 aromatic carbocycles. The number of amides is 1. The van der Waals surface area contributed by atoms with Crippen LogP contribution in [0.15, 0.2) is 0 Å². The van der Waals surface area contributed by atoms with Gasteiger partial charge in [-0.15, -0.1) is 11.8 Å². The molecule has 1 aliphatic carbocycles. The first-order valence-electron chi connectivity index (χ1n) is 10.8. The second-order valence-corrected chi connectivity index (χ2v) is 10.5. The van der Waals surface area contributed by atoms with Gasteiger partial charge in [-0.25, -0.2) is 10.9 Å². The maximum atomic E-state index is 12.8. The van der Waals surface area contributed by atoms with E-state index in [0.717, 1.165) is 32.4 Å². The zero-order chi connectivity index (χ0) is 19.4. The maximum absolute atomic E-state index is 12.8. The van der Waals surface area contributed by atoms with Gasteiger partial charge in [0.25, 0.3) is 0 Å². The Morgan fingerprint density at radius 2 is 1.93 bits per heavy atom. The van der Waals surface area contributed by atoms with Crippen LogP contribution in [0.25, 0.3) is 0 Å². The summed E-state index contributed by atoms with van der Waals surface area (Å²) in [5.74, 6) is 1.50. The number of piperidine rings is 1. The van der Waals surface area contributed by atoms with Gasteiger partial charge in [-0.2, -0.15) is 0 Å². The van der Waals surface area contributed by atoms with Crippen molar-refractivity contribution in [2.45, 2.75) is 94.6 Å². The van der Waals surface area contributed by atoms with Crippen LogP contribution in [0, 0.1) is 11.8 Å². The van der Waals surface area contributed by atoms with E-state index in [2.05, 4.69) is 54.2 Å². The average molecular weight is 398 g/mol. The normalized spacial score (nSPS) is 36.7. The van der Waals surface area contributed by atoms with Crippen LogP contribution in [0.1, 0.15) is 65.7 Å². The number of hydrazine groups is 1. The van der Waals surface area contributed by atoms with Crippen molar-refractivity contribution < 1.29 is 4.79 Å². The van der Waals surface area contributed by atoms with Crippen molar-refractivity contribution in [3.05, 3.63) is 0 Å². The predicted molar refractivity (Wildman–Crippen MR) is 113 cm³/mol. The summed E-state index contributed by atoms with van der Waals surface area (Å²) in [5, 5.41) is 7.56. The summed E-state index contributed by atoms with van der Waals surface area (Å²) in [5.41, 5.74) is 6.88. The minimum absolute atomic E-state index is 0.000683. The first-order chi connectivity index (χ1) is 12.9. The van der Waals surface area contributed by atoms with E-state index in [0.29, 0.717) is 34.7 Å². The number of hydrogen-bond acceptors (Lipinski definition) is 6. The summed E-state index contributed by atoms with van der Waals surface area (Å²) < 4.78 is 0. The van der Waals surface area contributed by atoms with E-state index in [4.69, 9.17) is 0 Å².